The molecule has 4 aromatic heterocycles. The summed E-state index contributed by atoms with van der Waals surface area (Å²) in [6.45, 7) is 7.75. The average molecular weight is 546 g/mol. The van der Waals surface area contributed by atoms with Gasteiger partial charge in [0.15, 0.2) is 10.8 Å². The van der Waals surface area contributed by atoms with Gasteiger partial charge in [0.05, 0.1) is 11.2 Å². The van der Waals surface area contributed by atoms with Crippen molar-refractivity contribution < 1.29 is 14.1 Å². The largest absolute Gasteiger partial charge is 0.476 e. The van der Waals surface area contributed by atoms with Gasteiger partial charge in [-0.2, -0.15) is 0 Å². The second-order valence-corrected chi connectivity index (χ2v) is 11.8. The molecule has 1 aliphatic heterocycles. The van der Waals surface area contributed by atoms with Crippen LogP contribution in [0.2, 0.25) is 0 Å². The molecule has 0 aliphatic carbocycles. The summed E-state index contributed by atoms with van der Waals surface area (Å²) in [7, 11) is 0. The van der Waals surface area contributed by atoms with Crippen molar-refractivity contribution in [2.75, 3.05) is 23.8 Å². The number of thiazole rings is 1. The van der Waals surface area contributed by atoms with Crippen molar-refractivity contribution in [3.05, 3.63) is 54.4 Å². The summed E-state index contributed by atoms with van der Waals surface area (Å²) in [4.78, 5) is 23.7. The molecule has 0 saturated carbocycles. The number of benzene rings is 1. The first-order valence-electron chi connectivity index (χ1n) is 13.1. The van der Waals surface area contributed by atoms with Gasteiger partial charge in [-0.15, -0.1) is 0 Å². The summed E-state index contributed by atoms with van der Waals surface area (Å²) < 4.78 is 13.3. The average Bonchev–Trinajstić information content (AvgIpc) is 3.63. The van der Waals surface area contributed by atoms with Crippen molar-refractivity contribution in [2.45, 2.75) is 51.5 Å². The van der Waals surface area contributed by atoms with E-state index < -0.39 is 6.03 Å². The fourth-order valence-corrected chi connectivity index (χ4v) is 5.50. The fraction of sp³-hybridized carbons (Fsp3) is 0.357. The molecule has 3 N–H and O–H groups in total. The number of anilines is 2. The lowest BCUT2D eigenvalue weighted by Gasteiger charge is -2.23. The third kappa shape index (κ3) is 5.59. The number of urea groups is 1. The van der Waals surface area contributed by atoms with E-state index in [-0.39, 0.29) is 5.41 Å². The molecular formula is C28H31N7O3S. The maximum atomic E-state index is 12.4. The minimum atomic E-state index is -0.392. The summed E-state index contributed by atoms with van der Waals surface area (Å²) in [6.07, 6.45) is 5.63. The highest BCUT2D eigenvalue weighted by Gasteiger charge is 2.20. The van der Waals surface area contributed by atoms with Gasteiger partial charge in [-0.25, -0.2) is 14.8 Å². The quantitative estimate of drug-likeness (QED) is 0.237. The van der Waals surface area contributed by atoms with Crippen LogP contribution < -0.4 is 20.7 Å². The SMILES string of the molecule is CC(C)(C)c1cc(NC(=O)Nc2ccc(-c3cn4c(n3)sc3nc(OC[C@@H]5CCCCN5)ccc34)cc2)no1. The van der Waals surface area contributed by atoms with Crippen LogP contribution in [0.25, 0.3) is 26.6 Å². The first-order valence-corrected chi connectivity index (χ1v) is 13.9. The highest BCUT2D eigenvalue weighted by Crippen LogP contribution is 2.30. The van der Waals surface area contributed by atoms with Crippen molar-refractivity contribution in [3.8, 4) is 17.1 Å². The van der Waals surface area contributed by atoms with Crippen molar-refractivity contribution in [3.63, 3.8) is 0 Å². The number of hydrogen-bond donors (Lipinski definition) is 3. The molecule has 0 spiro atoms. The summed E-state index contributed by atoms with van der Waals surface area (Å²) in [5.74, 6) is 1.71. The van der Waals surface area contributed by atoms with Crippen LogP contribution in [0.4, 0.5) is 16.3 Å². The van der Waals surface area contributed by atoms with E-state index in [4.69, 9.17) is 19.2 Å². The molecule has 1 aliphatic rings. The number of piperidine rings is 1. The minimum absolute atomic E-state index is 0.187. The Morgan fingerprint density at radius 2 is 2.00 bits per heavy atom. The van der Waals surface area contributed by atoms with Gasteiger partial charge in [0.1, 0.15) is 17.2 Å². The number of imidazole rings is 1. The molecule has 2 amide bonds. The second-order valence-electron chi connectivity index (χ2n) is 10.8. The maximum Gasteiger partial charge on any atom is 0.324 e. The summed E-state index contributed by atoms with van der Waals surface area (Å²) in [5.41, 5.74) is 3.26. The van der Waals surface area contributed by atoms with Crippen molar-refractivity contribution in [1.29, 1.82) is 0 Å². The van der Waals surface area contributed by atoms with Gasteiger partial charge in [0.25, 0.3) is 0 Å². The number of nitrogens with zero attached hydrogens (tertiary/aromatic N) is 4. The van der Waals surface area contributed by atoms with Crippen LogP contribution in [0.1, 0.15) is 45.8 Å². The number of hydrogen-bond acceptors (Lipinski definition) is 8. The van der Waals surface area contributed by atoms with Crippen LogP contribution in [0, 0.1) is 0 Å². The maximum absolute atomic E-state index is 12.4. The smallest absolute Gasteiger partial charge is 0.324 e. The Kier molecular flexibility index (Phi) is 6.69. The van der Waals surface area contributed by atoms with Crippen molar-refractivity contribution >= 4 is 44.2 Å². The van der Waals surface area contributed by atoms with Gasteiger partial charge in [-0.3, -0.25) is 9.72 Å². The second kappa shape index (κ2) is 10.3. The molecule has 1 aromatic carbocycles. The molecular weight excluding hydrogens is 514 g/mol. The predicted molar refractivity (Wildman–Crippen MR) is 153 cm³/mol. The number of ether oxygens (including phenoxy) is 1. The zero-order chi connectivity index (χ0) is 27.0. The predicted octanol–water partition coefficient (Wildman–Crippen LogP) is 6.06. The van der Waals surface area contributed by atoms with Crippen LogP contribution in [0.15, 0.2) is 53.2 Å². The molecule has 5 aromatic rings. The van der Waals surface area contributed by atoms with Crippen LogP contribution in [-0.2, 0) is 5.41 Å². The van der Waals surface area contributed by atoms with Crippen LogP contribution >= 0.6 is 11.3 Å². The van der Waals surface area contributed by atoms with Gasteiger partial charge in [-0.1, -0.05) is 55.8 Å². The highest BCUT2D eigenvalue weighted by atomic mass is 32.1. The summed E-state index contributed by atoms with van der Waals surface area (Å²) >= 11 is 1.53. The lowest BCUT2D eigenvalue weighted by molar-refractivity contribution is 0.233. The number of nitrogens with one attached hydrogen (secondary N) is 3. The minimum Gasteiger partial charge on any atom is -0.476 e. The Morgan fingerprint density at radius 3 is 2.74 bits per heavy atom. The molecule has 1 fully saturated rings. The van der Waals surface area contributed by atoms with Gasteiger partial charge < -0.3 is 19.9 Å². The lowest BCUT2D eigenvalue weighted by atomic mass is 9.93. The summed E-state index contributed by atoms with van der Waals surface area (Å²) in [6, 6.07) is 13.2. The van der Waals surface area contributed by atoms with Gasteiger partial charge >= 0.3 is 6.03 Å². The van der Waals surface area contributed by atoms with Gasteiger partial charge in [-0.05, 0) is 37.6 Å². The van der Waals surface area contributed by atoms with E-state index in [1.165, 1.54) is 24.2 Å². The summed E-state index contributed by atoms with van der Waals surface area (Å²) in [5, 5.41) is 12.9. The van der Waals surface area contributed by atoms with Crippen molar-refractivity contribution in [2.24, 2.45) is 0 Å². The number of pyridine rings is 1. The third-order valence-electron chi connectivity index (χ3n) is 6.71. The number of aromatic nitrogens is 4. The Bertz CT molecular complexity index is 1610. The lowest BCUT2D eigenvalue weighted by Crippen LogP contribution is -2.38. The van der Waals surface area contributed by atoms with Crippen LogP contribution in [0.5, 0.6) is 5.88 Å². The first kappa shape index (κ1) is 25.3. The zero-order valence-electron chi connectivity index (χ0n) is 22.2. The monoisotopic (exact) mass is 545 g/mol. The normalized spacial score (nSPS) is 16.0. The van der Waals surface area contributed by atoms with E-state index in [0.717, 1.165) is 39.5 Å². The Morgan fingerprint density at radius 1 is 1.15 bits per heavy atom. The van der Waals surface area contributed by atoms with Crippen molar-refractivity contribution in [1.82, 2.24) is 24.8 Å². The molecule has 1 saturated heterocycles. The number of fused-ring (bicyclic) bond motifs is 3. The van der Waals surface area contributed by atoms with E-state index in [9.17, 15) is 4.79 Å². The van der Waals surface area contributed by atoms with Gasteiger partial charge in [0, 0.05) is 41.0 Å². The van der Waals surface area contributed by atoms with Gasteiger partial charge in [0.2, 0.25) is 5.88 Å². The molecule has 6 rings (SSSR count). The topological polar surface area (TPSA) is 119 Å². The van der Waals surface area contributed by atoms with Crippen LogP contribution in [0.3, 0.4) is 0 Å². The number of carbonyl (C=O) groups excluding carboxylic acids is 1. The Labute approximate surface area is 229 Å². The highest BCUT2D eigenvalue weighted by molar-refractivity contribution is 7.23. The number of amides is 2. The molecule has 39 heavy (non-hydrogen) atoms. The Hall–Kier alpha value is -3.96. The van der Waals surface area contributed by atoms with E-state index in [0.29, 0.717) is 35.8 Å². The molecule has 0 bridgehead atoms. The molecule has 0 radical (unpaired) electrons. The number of rotatable bonds is 6. The van der Waals surface area contributed by atoms with E-state index in [1.54, 1.807) is 6.07 Å². The fourth-order valence-electron chi connectivity index (χ4n) is 4.53. The standard InChI is InChI=1S/C28H31N7O3S/c1-28(2,3)22-14-23(34-38-22)32-26(36)30-18-9-7-17(8-10-18)20-15-35-21-11-12-24(33-25(21)39-27(35)31-20)37-16-19-6-4-5-13-29-19/h7-12,14-15,19,29H,4-6,13,16H2,1-3H3,(H2,30,32,34,36)/t19-/m0/s1. The third-order valence-corrected chi connectivity index (χ3v) is 7.67. The van der Waals surface area contributed by atoms with Crippen LogP contribution in [-0.4, -0.2) is 44.7 Å². The Balaban J connectivity index is 1.10. The van der Waals surface area contributed by atoms with E-state index in [2.05, 4.69) is 25.5 Å². The molecule has 1 atom stereocenters. The number of carbonyl (C=O) groups is 1. The zero-order valence-corrected chi connectivity index (χ0v) is 23.0. The molecule has 5 heterocycles. The molecule has 11 heteroatoms. The molecule has 202 valence electrons. The molecule has 10 nitrogen and oxygen atoms in total. The molecule has 0 unspecified atom stereocenters. The van der Waals surface area contributed by atoms with E-state index in [1.807, 2.05) is 63.4 Å². The first-order chi connectivity index (χ1) is 18.8. The van der Waals surface area contributed by atoms with E-state index >= 15 is 0 Å².